The van der Waals surface area contributed by atoms with E-state index < -0.39 is 0 Å². The molecule has 1 rings (SSSR count). The maximum absolute atomic E-state index is 5.67. The van der Waals surface area contributed by atoms with Gasteiger partial charge in [0, 0.05) is 13.7 Å². The third-order valence-corrected chi connectivity index (χ3v) is 2.97. The Morgan fingerprint density at radius 1 is 1.00 bits per heavy atom. The molecule has 1 aliphatic carbocycles. The number of hydrogen-bond donors (Lipinski definition) is 1. The van der Waals surface area contributed by atoms with Crippen LogP contribution in [0.4, 0.5) is 0 Å². The van der Waals surface area contributed by atoms with Gasteiger partial charge in [0.15, 0.2) is 0 Å². The van der Waals surface area contributed by atoms with Crippen LogP contribution in [-0.2, 0) is 14.2 Å². The molecule has 2 N–H and O–H groups in total. The van der Waals surface area contributed by atoms with Crippen molar-refractivity contribution < 1.29 is 14.2 Å². The summed E-state index contributed by atoms with van der Waals surface area (Å²) in [5.41, 5.74) is 6.10. The maximum atomic E-state index is 5.67. The van der Waals surface area contributed by atoms with Crippen molar-refractivity contribution >= 4 is 0 Å². The lowest BCUT2D eigenvalue weighted by Gasteiger charge is -2.11. The molecule has 15 heavy (non-hydrogen) atoms. The van der Waals surface area contributed by atoms with Crippen molar-refractivity contribution in [2.75, 3.05) is 46.7 Å². The number of hydrogen-bond acceptors (Lipinski definition) is 4. The summed E-state index contributed by atoms with van der Waals surface area (Å²) >= 11 is 0. The van der Waals surface area contributed by atoms with E-state index in [4.69, 9.17) is 19.9 Å². The molecule has 1 fully saturated rings. The van der Waals surface area contributed by atoms with Gasteiger partial charge >= 0.3 is 0 Å². The molecule has 0 amide bonds. The lowest BCUT2D eigenvalue weighted by atomic mass is 10.0. The van der Waals surface area contributed by atoms with E-state index in [2.05, 4.69) is 0 Å². The van der Waals surface area contributed by atoms with Gasteiger partial charge in [0.2, 0.25) is 0 Å². The van der Waals surface area contributed by atoms with E-state index in [1.54, 1.807) is 7.11 Å². The molecule has 0 aliphatic heterocycles. The van der Waals surface area contributed by atoms with Gasteiger partial charge in [-0.05, 0) is 31.2 Å². The van der Waals surface area contributed by atoms with Crippen molar-refractivity contribution in [3.05, 3.63) is 0 Å². The predicted molar refractivity (Wildman–Crippen MR) is 58.9 cm³/mol. The van der Waals surface area contributed by atoms with Gasteiger partial charge in [-0.1, -0.05) is 0 Å². The normalized spacial score (nSPS) is 18.0. The van der Waals surface area contributed by atoms with E-state index in [1.165, 1.54) is 12.8 Å². The Kier molecular flexibility index (Phi) is 6.17. The van der Waals surface area contributed by atoms with Gasteiger partial charge in [0.25, 0.3) is 0 Å². The van der Waals surface area contributed by atoms with Crippen LogP contribution in [0.5, 0.6) is 0 Å². The molecule has 0 aromatic carbocycles. The summed E-state index contributed by atoms with van der Waals surface area (Å²) in [4.78, 5) is 0. The van der Waals surface area contributed by atoms with Gasteiger partial charge < -0.3 is 19.9 Å². The van der Waals surface area contributed by atoms with Crippen LogP contribution in [0.25, 0.3) is 0 Å². The highest BCUT2D eigenvalue weighted by Gasteiger charge is 2.40. The van der Waals surface area contributed by atoms with Crippen molar-refractivity contribution in [1.29, 1.82) is 0 Å². The molecule has 90 valence electrons. The number of rotatable bonds is 10. The van der Waals surface area contributed by atoms with E-state index in [0.717, 1.165) is 19.6 Å². The summed E-state index contributed by atoms with van der Waals surface area (Å²) in [5, 5.41) is 0. The SMILES string of the molecule is COCCOCCOCCC1(CN)CC1. The van der Waals surface area contributed by atoms with Crippen LogP contribution < -0.4 is 5.73 Å². The standard InChI is InChI=1S/C11H23NO3/c1-13-6-7-15-9-8-14-5-4-11(10-12)2-3-11/h2-10,12H2,1H3. The smallest absolute Gasteiger partial charge is 0.0701 e. The van der Waals surface area contributed by atoms with Crippen LogP contribution in [0.15, 0.2) is 0 Å². The summed E-state index contributed by atoms with van der Waals surface area (Å²) in [6.45, 7) is 4.23. The third-order valence-electron chi connectivity index (χ3n) is 2.97. The molecular formula is C11H23NO3. The van der Waals surface area contributed by atoms with Gasteiger partial charge in [-0.25, -0.2) is 0 Å². The molecule has 0 unspecified atom stereocenters. The zero-order chi connectivity index (χ0) is 11.0. The summed E-state index contributed by atoms with van der Waals surface area (Å²) in [7, 11) is 1.67. The topological polar surface area (TPSA) is 53.7 Å². The molecule has 0 radical (unpaired) electrons. The van der Waals surface area contributed by atoms with Crippen molar-refractivity contribution in [1.82, 2.24) is 0 Å². The van der Waals surface area contributed by atoms with Crippen molar-refractivity contribution in [2.24, 2.45) is 11.1 Å². The van der Waals surface area contributed by atoms with Crippen LogP contribution in [0.3, 0.4) is 0 Å². The zero-order valence-electron chi connectivity index (χ0n) is 9.67. The lowest BCUT2D eigenvalue weighted by molar-refractivity contribution is 0.0213. The second-order valence-electron chi connectivity index (χ2n) is 4.17. The Hall–Kier alpha value is -0.160. The molecule has 0 bridgehead atoms. The lowest BCUT2D eigenvalue weighted by Crippen LogP contribution is -2.18. The molecule has 0 spiro atoms. The number of methoxy groups -OCH3 is 1. The van der Waals surface area contributed by atoms with Crippen LogP contribution in [0.2, 0.25) is 0 Å². The molecule has 0 aromatic heterocycles. The zero-order valence-corrected chi connectivity index (χ0v) is 9.67. The largest absolute Gasteiger partial charge is 0.382 e. The predicted octanol–water partition coefficient (Wildman–Crippen LogP) is 0.795. The quantitative estimate of drug-likeness (QED) is 0.550. The average molecular weight is 217 g/mol. The first kappa shape index (κ1) is 12.9. The first-order valence-corrected chi connectivity index (χ1v) is 5.67. The maximum Gasteiger partial charge on any atom is 0.0701 e. The summed E-state index contributed by atoms with van der Waals surface area (Å²) in [6, 6.07) is 0. The van der Waals surface area contributed by atoms with Gasteiger partial charge in [-0.2, -0.15) is 0 Å². The molecule has 1 saturated carbocycles. The van der Waals surface area contributed by atoms with Crippen molar-refractivity contribution in [2.45, 2.75) is 19.3 Å². The summed E-state index contributed by atoms with van der Waals surface area (Å²) in [5.74, 6) is 0. The van der Waals surface area contributed by atoms with Crippen LogP contribution >= 0.6 is 0 Å². The first-order valence-electron chi connectivity index (χ1n) is 5.67. The highest BCUT2D eigenvalue weighted by atomic mass is 16.5. The minimum absolute atomic E-state index is 0.427. The Morgan fingerprint density at radius 3 is 2.13 bits per heavy atom. The van der Waals surface area contributed by atoms with E-state index in [-0.39, 0.29) is 0 Å². The Morgan fingerprint density at radius 2 is 1.60 bits per heavy atom. The molecule has 0 heterocycles. The van der Waals surface area contributed by atoms with Crippen molar-refractivity contribution in [3.8, 4) is 0 Å². The highest BCUT2D eigenvalue weighted by molar-refractivity contribution is 4.93. The second kappa shape index (κ2) is 7.17. The van der Waals surface area contributed by atoms with E-state index in [0.29, 0.717) is 31.8 Å². The molecule has 0 aromatic rings. The Bertz CT molecular complexity index is 160. The summed E-state index contributed by atoms with van der Waals surface area (Å²) in [6.07, 6.45) is 3.65. The fourth-order valence-electron chi connectivity index (χ4n) is 1.49. The van der Waals surface area contributed by atoms with E-state index in [1.807, 2.05) is 0 Å². The highest BCUT2D eigenvalue weighted by Crippen LogP contribution is 2.47. The van der Waals surface area contributed by atoms with Crippen LogP contribution in [0, 0.1) is 5.41 Å². The van der Waals surface area contributed by atoms with E-state index >= 15 is 0 Å². The van der Waals surface area contributed by atoms with Gasteiger partial charge in [0.05, 0.1) is 26.4 Å². The minimum Gasteiger partial charge on any atom is -0.382 e. The molecule has 0 saturated heterocycles. The minimum atomic E-state index is 0.427. The second-order valence-corrected chi connectivity index (χ2v) is 4.17. The van der Waals surface area contributed by atoms with Crippen LogP contribution in [0.1, 0.15) is 19.3 Å². The average Bonchev–Trinajstić information content (AvgIpc) is 3.03. The molecule has 1 aliphatic rings. The molecular weight excluding hydrogens is 194 g/mol. The number of ether oxygens (including phenoxy) is 3. The first-order chi connectivity index (χ1) is 7.33. The summed E-state index contributed by atoms with van der Waals surface area (Å²) < 4.78 is 15.6. The fraction of sp³-hybridized carbons (Fsp3) is 1.00. The Labute approximate surface area is 92.1 Å². The molecule has 4 nitrogen and oxygen atoms in total. The van der Waals surface area contributed by atoms with Crippen LogP contribution in [-0.4, -0.2) is 46.7 Å². The monoisotopic (exact) mass is 217 g/mol. The van der Waals surface area contributed by atoms with Gasteiger partial charge in [-0.3, -0.25) is 0 Å². The van der Waals surface area contributed by atoms with Gasteiger partial charge in [0.1, 0.15) is 0 Å². The van der Waals surface area contributed by atoms with E-state index in [9.17, 15) is 0 Å². The third kappa shape index (κ3) is 5.47. The number of nitrogens with two attached hydrogens (primary N) is 1. The van der Waals surface area contributed by atoms with Gasteiger partial charge in [-0.15, -0.1) is 0 Å². The fourth-order valence-corrected chi connectivity index (χ4v) is 1.49. The van der Waals surface area contributed by atoms with Crippen molar-refractivity contribution in [3.63, 3.8) is 0 Å². The molecule has 0 atom stereocenters. The molecule has 4 heteroatoms. The Balaban J connectivity index is 1.77.